The molecule has 3 N–H and O–H groups in total. The van der Waals surface area contributed by atoms with Crippen LogP contribution in [0.25, 0.3) is 0 Å². The van der Waals surface area contributed by atoms with E-state index in [1.807, 2.05) is 6.07 Å². The van der Waals surface area contributed by atoms with E-state index in [9.17, 15) is 8.42 Å². The smallest absolute Gasteiger partial charge is 0.193 e. The Balaban J connectivity index is 1.92. The van der Waals surface area contributed by atoms with Crippen LogP contribution < -0.4 is 11.1 Å². The topological polar surface area (TPSA) is 84.5 Å². The van der Waals surface area contributed by atoms with Crippen LogP contribution in [0.5, 0.6) is 0 Å². The number of rotatable bonds is 5. The number of hydrogen-bond donors (Lipinski definition) is 2. The number of nitrogens with two attached hydrogens (primary N) is 1. The van der Waals surface area contributed by atoms with Gasteiger partial charge in [0, 0.05) is 5.69 Å². The zero-order chi connectivity index (χ0) is 15.5. The van der Waals surface area contributed by atoms with Crippen molar-refractivity contribution in [2.24, 2.45) is 10.7 Å². The Hall–Kier alpha value is -1.56. The first-order valence-corrected chi connectivity index (χ1v) is 9.00. The molecule has 5 nitrogen and oxygen atoms in total. The van der Waals surface area contributed by atoms with Gasteiger partial charge in [0.1, 0.15) is 0 Å². The minimum absolute atomic E-state index is 0.0250. The molecule has 2 rings (SSSR count). The van der Waals surface area contributed by atoms with Crippen molar-refractivity contribution in [3.05, 3.63) is 29.3 Å². The molecule has 0 saturated heterocycles. The molecule has 21 heavy (non-hydrogen) atoms. The minimum Gasteiger partial charge on any atom is -0.370 e. The van der Waals surface area contributed by atoms with Crippen molar-refractivity contribution in [3.63, 3.8) is 0 Å². The van der Waals surface area contributed by atoms with Gasteiger partial charge < -0.3 is 11.1 Å². The first kappa shape index (κ1) is 15.8. The summed E-state index contributed by atoms with van der Waals surface area (Å²) in [6.45, 7) is 3.53. The molecule has 0 fully saturated rings. The van der Waals surface area contributed by atoms with Crippen molar-refractivity contribution in [1.29, 1.82) is 0 Å². The molecular formula is C15H23N3O2S. The minimum atomic E-state index is -3.07. The predicted octanol–water partition coefficient (Wildman–Crippen LogP) is 1.73. The summed E-state index contributed by atoms with van der Waals surface area (Å²) in [6, 6.07) is 6.19. The standard InChI is InChI=1S/C15H23N3O2S/c1-11(2)21(19,20)9-8-17-15(16)18-14-7-6-12-4-3-5-13(12)10-14/h6-7,10-11H,3-5,8-9H2,1-2H3,(H3,16,17,18). The van der Waals surface area contributed by atoms with Crippen LogP contribution in [-0.2, 0) is 22.7 Å². The van der Waals surface area contributed by atoms with Crippen molar-refractivity contribution in [1.82, 2.24) is 0 Å². The van der Waals surface area contributed by atoms with E-state index >= 15 is 0 Å². The van der Waals surface area contributed by atoms with Crippen LogP contribution in [0.3, 0.4) is 0 Å². The van der Waals surface area contributed by atoms with Crippen molar-refractivity contribution < 1.29 is 8.42 Å². The van der Waals surface area contributed by atoms with E-state index in [1.54, 1.807) is 13.8 Å². The highest BCUT2D eigenvalue weighted by molar-refractivity contribution is 7.92. The summed E-state index contributed by atoms with van der Waals surface area (Å²) in [5, 5.41) is 2.64. The number of anilines is 1. The van der Waals surface area contributed by atoms with E-state index in [0.717, 1.165) is 18.5 Å². The van der Waals surface area contributed by atoms with E-state index in [2.05, 4.69) is 22.4 Å². The van der Waals surface area contributed by atoms with E-state index in [1.165, 1.54) is 17.5 Å². The Kier molecular flexibility index (Phi) is 4.88. The summed E-state index contributed by atoms with van der Waals surface area (Å²) in [6.07, 6.45) is 3.45. The molecular weight excluding hydrogens is 286 g/mol. The second-order valence-corrected chi connectivity index (χ2v) is 8.32. The molecule has 0 heterocycles. The summed E-state index contributed by atoms with van der Waals surface area (Å²) in [7, 11) is -3.07. The lowest BCUT2D eigenvalue weighted by molar-refractivity contribution is 0.587. The monoisotopic (exact) mass is 309 g/mol. The number of aliphatic imine (C=N–C) groups is 1. The number of sulfone groups is 1. The van der Waals surface area contributed by atoms with E-state index in [4.69, 9.17) is 5.73 Å². The fraction of sp³-hybridized carbons (Fsp3) is 0.533. The van der Waals surface area contributed by atoms with Gasteiger partial charge in [0.15, 0.2) is 15.8 Å². The molecule has 0 radical (unpaired) electrons. The van der Waals surface area contributed by atoms with Crippen LogP contribution in [0.15, 0.2) is 23.2 Å². The van der Waals surface area contributed by atoms with Crippen molar-refractivity contribution >= 4 is 21.5 Å². The zero-order valence-corrected chi connectivity index (χ0v) is 13.4. The van der Waals surface area contributed by atoms with E-state index in [0.29, 0.717) is 0 Å². The lowest BCUT2D eigenvalue weighted by Gasteiger charge is -2.09. The average molecular weight is 309 g/mol. The molecule has 0 atom stereocenters. The highest BCUT2D eigenvalue weighted by atomic mass is 32.2. The maximum absolute atomic E-state index is 11.7. The fourth-order valence-electron chi connectivity index (χ4n) is 2.37. The van der Waals surface area contributed by atoms with Gasteiger partial charge in [-0.25, -0.2) is 8.42 Å². The molecule has 1 aromatic rings. The summed E-state index contributed by atoms with van der Waals surface area (Å²) < 4.78 is 23.3. The van der Waals surface area contributed by atoms with Gasteiger partial charge >= 0.3 is 0 Å². The summed E-state index contributed by atoms with van der Waals surface area (Å²) in [4.78, 5) is 4.08. The van der Waals surface area contributed by atoms with Crippen LogP contribution in [0.2, 0.25) is 0 Å². The third kappa shape index (κ3) is 4.20. The van der Waals surface area contributed by atoms with Gasteiger partial charge in [0.05, 0.1) is 17.5 Å². The van der Waals surface area contributed by atoms with E-state index in [-0.39, 0.29) is 23.5 Å². The second kappa shape index (κ2) is 6.47. The maximum Gasteiger partial charge on any atom is 0.193 e. The third-order valence-corrected chi connectivity index (χ3v) is 5.94. The van der Waals surface area contributed by atoms with Crippen LogP contribution in [-0.4, -0.2) is 31.9 Å². The molecule has 116 valence electrons. The number of fused-ring (bicyclic) bond motifs is 1. The van der Waals surface area contributed by atoms with Crippen molar-refractivity contribution in [2.45, 2.75) is 38.4 Å². The van der Waals surface area contributed by atoms with Gasteiger partial charge in [-0.1, -0.05) is 6.07 Å². The Morgan fingerprint density at radius 2 is 2.05 bits per heavy atom. The Bertz CT molecular complexity index is 636. The number of nitrogens with zero attached hydrogens (tertiary/aromatic N) is 1. The highest BCUT2D eigenvalue weighted by Crippen LogP contribution is 2.24. The molecule has 0 aromatic heterocycles. The highest BCUT2D eigenvalue weighted by Gasteiger charge is 2.15. The molecule has 0 unspecified atom stereocenters. The molecule has 0 amide bonds. The van der Waals surface area contributed by atoms with Crippen LogP contribution in [0.1, 0.15) is 31.4 Å². The number of guanidine groups is 1. The van der Waals surface area contributed by atoms with Gasteiger partial charge in [-0.2, -0.15) is 0 Å². The van der Waals surface area contributed by atoms with Gasteiger partial charge in [-0.05, 0) is 56.4 Å². The van der Waals surface area contributed by atoms with Crippen LogP contribution in [0.4, 0.5) is 5.69 Å². The lowest BCUT2D eigenvalue weighted by atomic mass is 10.1. The largest absolute Gasteiger partial charge is 0.370 e. The maximum atomic E-state index is 11.7. The molecule has 0 bridgehead atoms. The lowest BCUT2D eigenvalue weighted by Crippen LogP contribution is -2.25. The first-order chi connectivity index (χ1) is 9.88. The molecule has 0 spiro atoms. The second-order valence-electron chi connectivity index (χ2n) is 5.64. The Morgan fingerprint density at radius 1 is 1.33 bits per heavy atom. The number of hydrogen-bond acceptors (Lipinski definition) is 3. The van der Waals surface area contributed by atoms with Gasteiger partial charge in [0.2, 0.25) is 0 Å². The number of nitrogens with one attached hydrogen (secondary N) is 1. The molecule has 0 saturated carbocycles. The van der Waals surface area contributed by atoms with Crippen molar-refractivity contribution in [2.75, 3.05) is 17.6 Å². The quantitative estimate of drug-likeness (QED) is 0.641. The molecule has 0 aliphatic heterocycles. The third-order valence-electron chi connectivity index (χ3n) is 3.75. The van der Waals surface area contributed by atoms with Crippen molar-refractivity contribution in [3.8, 4) is 0 Å². The average Bonchev–Trinajstić information content (AvgIpc) is 2.85. The zero-order valence-electron chi connectivity index (χ0n) is 12.6. The summed E-state index contributed by atoms with van der Waals surface area (Å²) >= 11 is 0. The van der Waals surface area contributed by atoms with Crippen LogP contribution >= 0.6 is 0 Å². The molecule has 1 aliphatic rings. The molecule has 1 aromatic carbocycles. The van der Waals surface area contributed by atoms with Gasteiger partial charge in [-0.3, -0.25) is 4.99 Å². The van der Waals surface area contributed by atoms with Gasteiger partial charge in [0.25, 0.3) is 0 Å². The summed E-state index contributed by atoms with van der Waals surface area (Å²) in [5.41, 5.74) is 9.47. The Morgan fingerprint density at radius 3 is 2.76 bits per heavy atom. The molecule has 6 heteroatoms. The first-order valence-electron chi connectivity index (χ1n) is 7.29. The van der Waals surface area contributed by atoms with E-state index < -0.39 is 9.84 Å². The molecule has 1 aliphatic carbocycles. The fourth-order valence-corrected chi connectivity index (χ4v) is 3.18. The van der Waals surface area contributed by atoms with Gasteiger partial charge in [-0.15, -0.1) is 0 Å². The summed E-state index contributed by atoms with van der Waals surface area (Å²) in [5.74, 6) is 0.281. The number of benzene rings is 1. The SMILES string of the molecule is CC(C)S(=O)(=O)CCN=C(N)Nc1ccc2c(c1)CCC2. The predicted molar refractivity (Wildman–Crippen MR) is 87.5 cm³/mol. The normalized spacial score (nSPS) is 15.3. The van der Waals surface area contributed by atoms with Crippen LogP contribution in [0, 0.1) is 0 Å². The number of aryl methyl sites for hydroxylation is 2. The Labute approximate surface area is 126 Å².